The molecule has 1 aromatic heterocycles. The van der Waals surface area contributed by atoms with E-state index in [1.165, 1.54) is 0 Å². The van der Waals surface area contributed by atoms with Gasteiger partial charge in [-0.1, -0.05) is 30.3 Å². The minimum Gasteiger partial charge on any atom is -0.462 e. The number of ether oxygens (including phenoxy) is 1. The average Bonchev–Trinajstić information content (AvgIpc) is 2.79. The Morgan fingerprint density at radius 1 is 0.903 bits per heavy atom. The van der Waals surface area contributed by atoms with Gasteiger partial charge >= 0.3 is 11.6 Å². The molecule has 1 amide bonds. The van der Waals surface area contributed by atoms with E-state index >= 15 is 0 Å². The van der Waals surface area contributed by atoms with E-state index in [1.54, 1.807) is 67.6 Å². The normalized spacial score (nSPS) is 10.6. The molecule has 0 saturated carbocycles. The van der Waals surface area contributed by atoms with Crippen molar-refractivity contribution in [3.63, 3.8) is 0 Å². The van der Waals surface area contributed by atoms with Gasteiger partial charge in [-0.3, -0.25) is 4.79 Å². The van der Waals surface area contributed by atoms with Crippen molar-refractivity contribution in [1.29, 1.82) is 0 Å². The van der Waals surface area contributed by atoms with Crippen LogP contribution in [-0.4, -0.2) is 18.5 Å². The molecule has 0 aliphatic heterocycles. The average molecular weight is 413 g/mol. The number of nitrogens with one attached hydrogen (secondary N) is 1. The van der Waals surface area contributed by atoms with Gasteiger partial charge in [-0.25, -0.2) is 9.59 Å². The van der Waals surface area contributed by atoms with Crippen molar-refractivity contribution < 1.29 is 18.7 Å². The maximum absolute atomic E-state index is 12.5. The molecular weight excluding hydrogens is 394 g/mol. The van der Waals surface area contributed by atoms with Crippen molar-refractivity contribution in [2.75, 3.05) is 11.9 Å². The Morgan fingerprint density at radius 2 is 1.58 bits per heavy atom. The smallest absolute Gasteiger partial charge is 0.344 e. The fourth-order valence-corrected chi connectivity index (χ4v) is 3.17. The summed E-state index contributed by atoms with van der Waals surface area (Å²) < 4.78 is 10.3. The first kappa shape index (κ1) is 20.1. The first-order chi connectivity index (χ1) is 15.0. The van der Waals surface area contributed by atoms with Crippen LogP contribution in [0.1, 0.15) is 27.6 Å². The molecule has 0 atom stereocenters. The Labute approximate surface area is 178 Å². The zero-order valence-electron chi connectivity index (χ0n) is 16.8. The minimum absolute atomic E-state index is 0.300. The lowest BCUT2D eigenvalue weighted by Gasteiger charge is -2.08. The number of benzene rings is 3. The summed E-state index contributed by atoms with van der Waals surface area (Å²) in [6.45, 7) is 2.04. The van der Waals surface area contributed by atoms with Crippen LogP contribution in [0.15, 0.2) is 88.1 Å². The van der Waals surface area contributed by atoms with Crippen LogP contribution in [0.3, 0.4) is 0 Å². The van der Waals surface area contributed by atoms with E-state index in [4.69, 9.17) is 9.15 Å². The molecule has 0 bridgehead atoms. The Balaban J connectivity index is 1.50. The van der Waals surface area contributed by atoms with Crippen molar-refractivity contribution in [3.8, 4) is 11.1 Å². The van der Waals surface area contributed by atoms with E-state index in [0.717, 1.165) is 5.39 Å². The maximum Gasteiger partial charge on any atom is 0.344 e. The molecule has 6 heteroatoms. The van der Waals surface area contributed by atoms with Gasteiger partial charge in [-0.2, -0.15) is 0 Å². The number of hydrogen-bond acceptors (Lipinski definition) is 5. The summed E-state index contributed by atoms with van der Waals surface area (Å²) in [4.78, 5) is 36.6. The molecule has 0 unspecified atom stereocenters. The SMILES string of the molecule is CCOC(=O)c1ccc(NC(=O)c2ccc(-c3cc4ccccc4oc3=O)cc2)cc1. The molecule has 0 aliphatic carbocycles. The second-order valence-corrected chi connectivity index (χ2v) is 6.81. The van der Waals surface area contributed by atoms with E-state index < -0.39 is 11.6 Å². The molecule has 0 spiro atoms. The Hall–Kier alpha value is -4.19. The van der Waals surface area contributed by atoms with Gasteiger partial charge in [0.1, 0.15) is 5.58 Å². The minimum atomic E-state index is -0.433. The summed E-state index contributed by atoms with van der Waals surface area (Å²) in [6, 6.07) is 22.2. The number of carbonyl (C=O) groups excluding carboxylic acids is 2. The third-order valence-electron chi connectivity index (χ3n) is 4.75. The molecule has 1 N–H and O–H groups in total. The number of amides is 1. The van der Waals surface area contributed by atoms with Crippen LogP contribution in [-0.2, 0) is 4.74 Å². The number of fused-ring (bicyclic) bond motifs is 1. The van der Waals surface area contributed by atoms with Gasteiger partial charge < -0.3 is 14.5 Å². The summed E-state index contributed by atoms with van der Waals surface area (Å²) in [7, 11) is 0. The first-order valence-electron chi connectivity index (χ1n) is 9.77. The summed E-state index contributed by atoms with van der Waals surface area (Å²) >= 11 is 0. The van der Waals surface area contributed by atoms with Gasteiger partial charge in [0.05, 0.1) is 17.7 Å². The highest BCUT2D eigenvalue weighted by molar-refractivity contribution is 6.04. The Kier molecular flexibility index (Phi) is 5.62. The van der Waals surface area contributed by atoms with Gasteiger partial charge in [0.15, 0.2) is 0 Å². The fraction of sp³-hybridized carbons (Fsp3) is 0.0800. The fourth-order valence-electron chi connectivity index (χ4n) is 3.17. The number of anilines is 1. The van der Waals surface area contributed by atoms with Crippen LogP contribution in [0, 0.1) is 0 Å². The van der Waals surface area contributed by atoms with Crippen molar-refractivity contribution >= 4 is 28.5 Å². The van der Waals surface area contributed by atoms with Gasteiger partial charge in [0, 0.05) is 16.6 Å². The van der Waals surface area contributed by atoms with Gasteiger partial charge in [-0.05, 0) is 61.0 Å². The van der Waals surface area contributed by atoms with Gasteiger partial charge in [0.25, 0.3) is 5.91 Å². The van der Waals surface area contributed by atoms with Crippen LogP contribution >= 0.6 is 0 Å². The molecule has 3 aromatic carbocycles. The molecule has 6 nitrogen and oxygen atoms in total. The third-order valence-corrected chi connectivity index (χ3v) is 4.75. The van der Waals surface area contributed by atoms with Crippen molar-refractivity contribution in [2.45, 2.75) is 6.92 Å². The first-order valence-corrected chi connectivity index (χ1v) is 9.77. The van der Waals surface area contributed by atoms with Crippen LogP contribution in [0.4, 0.5) is 5.69 Å². The van der Waals surface area contributed by atoms with Crippen LogP contribution in [0.5, 0.6) is 0 Å². The summed E-state index contributed by atoms with van der Waals surface area (Å²) in [6.07, 6.45) is 0. The van der Waals surface area contributed by atoms with Gasteiger partial charge in [0.2, 0.25) is 0 Å². The summed E-state index contributed by atoms with van der Waals surface area (Å²) in [5.74, 6) is -0.713. The molecule has 0 saturated heterocycles. The number of hydrogen-bond donors (Lipinski definition) is 1. The second kappa shape index (κ2) is 8.67. The lowest BCUT2D eigenvalue weighted by Crippen LogP contribution is -2.12. The standard InChI is InChI=1S/C25H19NO5/c1-2-30-24(28)18-11-13-20(14-12-18)26-23(27)17-9-7-16(8-10-17)21-15-19-5-3-4-6-22(19)31-25(21)29/h3-15H,2H2,1H3,(H,26,27). The number of esters is 1. The van der Waals surface area contributed by atoms with Crippen molar-refractivity contribution in [1.82, 2.24) is 0 Å². The molecular formula is C25H19NO5. The van der Waals surface area contributed by atoms with E-state index in [9.17, 15) is 14.4 Å². The summed E-state index contributed by atoms with van der Waals surface area (Å²) in [5, 5.41) is 3.60. The monoisotopic (exact) mass is 413 g/mol. The third kappa shape index (κ3) is 4.38. The summed E-state index contributed by atoms with van der Waals surface area (Å²) in [5.41, 5.74) is 2.59. The Bertz CT molecular complexity index is 1300. The van der Waals surface area contributed by atoms with Crippen LogP contribution in [0.2, 0.25) is 0 Å². The Morgan fingerprint density at radius 3 is 2.29 bits per heavy atom. The molecule has 0 aliphatic rings. The largest absolute Gasteiger partial charge is 0.462 e. The molecule has 154 valence electrons. The predicted octanol–water partition coefficient (Wildman–Crippen LogP) is 4.89. The van der Waals surface area contributed by atoms with Crippen molar-refractivity contribution in [3.05, 3.63) is 100 Å². The van der Waals surface area contributed by atoms with Crippen LogP contribution in [0.25, 0.3) is 22.1 Å². The molecule has 1 heterocycles. The zero-order valence-corrected chi connectivity index (χ0v) is 16.8. The maximum atomic E-state index is 12.5. The molecule has 0 radical (unpaired) electrons. The number of carbonyl (C=O) groups is 2. The predicted molar refractivity (Wildman–Crippen MR) is 118 cm³/mol. The highest BCUT2D eigenvalue weighted by Crippen LogP contribution is 2.22. The quantitative estimate of drug-likeness (QED) is 0.372. The highest BCUT2D eigenvalue weighted by atomic mass is 16.5. The van der Waals surface area contributed by atoms with Crippen LogP contribution < -0.4 is 10.9 Å². The van der Waals surface area contributed by atoms with Gasteiger partial charge in [-0.15, -0.1) is 0 Å². The molecule has 31 heavy (non-hydrogen) atoms. The lowest BCUT2D eigenvalue weighted by atomic mass is 10.0. The number of para-hydroxylation sites is 1. The lowest BCUT2D eigenvalue weighted by molar-refractivity contribution is 0.0526. The second-order valence-electron chi connectivity index (χ2n) is 6.81. The van der Waals surface area contributed by atoms with E-state index in [1.807, 2.05) is 18.2 Å². The van der Waals surface area contributed by atoms with E-state index in [-0.39, 0.29) is 5.91 Å². The van der Waals surface area contributed by atoms with Crippen molar-refractivity contribution in [2.24, 2.45) is 0 Å². The highest BCUT2D eigenvalue weighted by Gasteiger charge is 2.11. The van der Waals surface area contributed by atoms with E-state index in [0.29, 0.717) is 40.1 Å². The topological polar surface area (TPSA) is 85.6 Å². The number of rotatable bonds is 5. The molecule has 0 fully saturated rings. The molecule has 4 aromatic rings. The molecule has 4 rings (SSSR count). The van der Waals surface area contributed by atoms with E-state index in [2.05, 4.69) is 5.32 Å². The zero-order chi connectivity index (χ0) is 21.8.